The predicted octanol–water partition coefficient (Wildman–Crippen LogP) is 4.08. The molecule has 0 fully saturated rings. The van der Waals surface area contributed by atoms with Crippen LogP contribution in [0.4, 0.5) is 8.78 Å². The molecule has 0 aromatic heterocycles. The van der Waals surface area contributed by atoms with Gasteiger partial charge in [0.15, 0.2) is 5.78 Å². The second-order valence-corrected chi connectivity index (χ2v) is 4.34. The summed E-state index contributed by atoms with van der Waals surface area (Å²) in [6, 6.07) is 2.77. The van der Waals surface area contributed by atoms with E-state index >= 15 is 0 Å². The summed E-state index contributed by atoms with van der Waals surface area (Å²) in [6.45, 7) is 1.30. The molecule has 0 aliphatic rings. The summed E-state index contributed by atoms with van der Waals surface area (Å²) in [5.74, 6) is -0.310. The van der Waals surface area contributed by atoms with E-state index in [0.29, 0.717) is 3.57 Å². The molecule has 0 amide bonds. The largest absolute Gasteiger partial charge is 0.294 e. The van der Waals surface area contributed by atoms with Gasteiger partial charge in [-0.15, -0.1) is 0 Å². The minimum Gasteiger partial charge on any atom is -0.294 e. The quantitative estimate of drug-likeness (QED) is 0.590. The van der Waals surface area contributed by atoms with Crippen LogP contribution in [-0.4, -0.2) is 5.78 Å². The highest BCUT2D eigenvalue weighted by molar-refractivity contribution is 14.1. The standard InChI is InChI=1S/C9H6ClF2IO/c1-4(14)6-2-5(13)3-7(8(6)10)9(11)12/h2-3,9H,1H3. The maximum Gasteiger partial charge on any atom is 0.265 e. The number of hydrogen-bond acceptors (Lipinski definition) is 1. The number of hydrogen-bond donors (Lipinski definition) is 0. The van der Waals surface area contributed by atoms with E-state index in [0.717, 1.165) is 0 Å². The average Bonchev–Trinajstić information content (AvgIpc) is 2.07. The molecule has 0 N–H and O–H groups in total. The van der Waals surface area contributed by atoms with E-state index in [1.807, 2.05) is 22.6 Å². The highest BCUT2D eigenvalue weighted by atomic mass is 127. The molecule has 14 heavy (non-hydrogen) atoms. The van der Waals surface area contributed by atoms with Crippen LogP contribution in [0.15, 0.2) is 12.1 Å². The zero-order chi connectivity index (χ0) is 10.9. The molecule has 1 aromatic rings. The maximum absolute atomic E-state index is 12.5. The summed E-state index contributed by atoms with van der Waals surface area (Å²) in [6.07, 6.45) is -2.66. The molecule has 5 heteroatoms. The lowest BCUT2D eigenvalue weighted by Crippen LogP contribution is -1.99. The SMILES string of the molecule is CC(=O)c1cc(I)cc(C(F)F)c1Cl. The van der Waals surface area contributed by atoms with Crippen molar-refractivity contribution < 1.29 is 13.6 Å². The van der Waals surface area contributed by atoms with Crippen molar-refractivity contribution >= 4 is 40.0 Å². The minimum atomic E-state index is -2.66. The highest BCUT2D eigenvalue weighted by Crippen LogP contribution is 2.31. The normalized spacial score (nSPS) is 10.7. The average molecular weight is 330 g/mol. The molecule has 0 saturated carbocycles. The lowest BCUT2D eigenvalue weighted by atomic mass is 10.1. The maximum atomic E-state index is 12.5. The van der Waals surface area contributed by atoms with Crippen LogP contribution in [0.2, 0.25) is 5.02 Å². The van der Waals surface area contributed by atoms with E-state index < -0.39 is 6.43 Å². The molecule has 0 heterocycles. The van der Waals surface area contributed by atoms with Crippen molar-refractivity contribution in [2.24, 2.45) is 0 Å². The van der Waals surface area contributed by atoms with E-state index in [4.69, 9.17) is 11.6 Å². The number of rotatable bonds is 2. The minimum absolute atomic E-state index is 0.145. The zero-order valence-corrected chi connectivity index (χ0v) is 10.1. The molecule has 0 saturated heterocycles. The molecule has 1 nitrogen and oxygen atoms in total. The number of benzene rings is 1. The number of carbonyl (C=O) groups is 1. The van der Waals surface area contributed by atoms with Crippen molar-refractivity contribution in [1.29, 1.82) is 0 Å². The Bertz CT molecular complexity index is 379. The Morgan fingerprint density at radius 1 is 1.50 bits per heavy atom. The molecule has 0 spiro atoms. The van der Waals surface area contributed by atoms with Gasteiger partial charge in [-0.05, 0) is 41.6 Å². The summed E-state index contributed by atoms with van der Waals surface area (Å²) >= 11 is 7.54. The molecule has 0 radical (unpaired) electrons. The van der Waals surface area contributed by atoms with Crippen molar-refractivity contribution in [2.45, 2.75) is 13.3 Å². The van der Waals surface area contributed by atoms with Gasteiger partial charge in [0.05, 0.1) is 5.02 Å². The topological polar surface area (TPSA) is 17.1 Å². The monoisotopic (exact) mass is 330 g/mol. The van der Waals surface area contributed by atoms with Crippen molar-refractivity contribution in [1.82, 2.24) is 0 Å². The van der Waals surface area contributed by atoms with E-state index in [2.05, 4.69) is 0 Å². The summed E-state index contributed by atoms with van der Waals surface area (Å²) in [5.41, 5.74) is -0.141. The number of Topliss-reactive ketones (excluding diaryl/α,β-unsaturated/α-hetero) is 1. The lowest BCUT2D eigenvalue weighted by Gasteiger charge is -2.07. The number of carbonyl (C=O) groups excluding carboxylic acids is 1. The zero-order valence-electron chi connectivity index (χ0n) is 7.15. The third-order valence-electron chi connectivity index (χ3n) is 1.68. The molecule has 0 aliphatic heterocycles. The molecular weight excluding hydrogens is 324 g/mol. The summed E-state index contributed by atoms with van der Waals surface area (Å²) < 4.78 is 25.5. The Hall–Kier alpha value is -0.230. The van der Waals surface area contributed by atoms with Gasteiger partial charge in [-0.2, -0.15) is 0 Å². The van der Waals surface area contributed by atoms with Crippen molar-refractivity contribution in [2.75, 3.05) is 0 Å². The molecular formula is C9H6ClF2IO. The summed E-state index contributed by atoms with van der Waals surface area (Å²) in [7, 11) is 0. The first-order chi connectivity index (χ1) is 6.43. The second kappa shape index (κ2) is 4.53. The number of ketones is 1. The first-order valence-corrected chi connectivity index (χ1v) is 5.17. The Morgan fingerprint density at radius 3 is 2.50 bits per heavy atom. The van der Waals surface area contributed by atoms with Crippen LogP contribution >= 0.6 is 34.2 Å². The van der Waals surface area contributed by atoms with Crippen molar-refractivity contribution in [3.63, 3.8) is 0 Å². The van der Waals surface area contributed by atoms with Crippen LogP contribution in [0.1, 0.15) is 29.3 Å². The van der Waals surface area contributed by atoms with Gasteiger partial charge in [-0.25, -0.2) is 8.78 Å². The lowest BCUT2D eigenvalue weighted by molar-refractivity contribution is 0.101. The van der Waals surface area contributed by atoms with Crippen LogP contribution < -0.4 is 0 Å². The van der Waals surface area contributed by atoms with Crippen LogP contribution in [0.25, 0.3) is 0 Å². The molecule has 0 aliphatic carbocycles. The third kappa shape index (κ3) is 2.42. The van der Waals surface area contributed by atoms with Crippen LogP contribution in [-0.2, 0) is 0 Å². The van der Waals surface area contributed by atoms with E-state index in [1.54, 1.807) is 0 Å². The van der Waals surface area contributed by atoms with Gasteiger partial charge in [0.2, 0.25) is 0 Å². The molecule has 0 atom stereocenters. The fourth-order valence-corrected chi connectivity index (χ4v) is 2.00. The van der Waals surface area contributed by atoms with E-state index in [-0.39, 0.29) is 21.9 Å². The number of halogens is 4. The Balaban J connectivity index is 3.40. The first-order valence-electron chi connectivity index (χ1n) is 3.71. The fraction of sp³-hybridized carbons (Fsp3) is 0.222. The van der Waals surface area contributed by atoms with Gasteiger partial charge in [0.25, 0.3) is 6.43 Å². The van der Waals surface area contributed by atoms with Crippen LogP contribution in [0, 0.1) is 3.57 Å². The number of alkyl halides is 2. The Morgan fingerprint density at radius 2 is 2.07 bits per heavy atom. The van der Waals surface area contributed by atoms with Gasteiger partial charge >= 0.3 is 0 Å². The Labute approximate surface area is 98.6 Å². The highest BCUT2D eigenvalue weighted by Gasteiger charge is 2.17. The third-order valence-corrected chi connectivity index (χ3v) is 2.72. The molecule has 0 bridgehead atoms. The molecule has 1 aromatic carbocycles. The molecule has 1 rings (SSSR count). The molecule has 76 valence electrons. The van der Waals surface area contributed by atoms with E-state index in [9.17, 15) is 13.6 Å². The van der Waals surface area contributed by atoms with Gasteiger partial charge in [0.1, 0.15) is 0 Å². The second-order valence-electron chi connectivity index (χ2n) is 2.71. The van der Waals surface area contributed by atoms with E-state index in [1.165, 1.54) is 19.1 Å². The van der Waals surface area contributed by atoms with Gasteiger partial charge in [-0.1, -0.05) is 11.6 Å². The summed E-state index contributed by atoms with van der Waals surface area (Å²) in [5, 5.41) is -0.145. The summed E-state index contributed by atoms with van der Waals surface area (Å²) in [4.78, 5) is 11.1. The van der Waals surface area contributed by atoms with Crippen LogP contribution in [0.5, 0.6) is 0 Å². The van der Waals surface area contributed by atoms with Gasteiger partial charge in [-0.3, -0.25) is 4.79 Å². The van der Waals surface area contributed by atoms with Crippen molar-refractivity contribution in [3.05, 3.63) is 31.9 Å². The molecule has 0 unspecified atom stereocenters. The Kier molecular flexibility index (Phi) is 3.83. The smallest absolute Gasteiger partial charge is 0.265 e. The predicted molar refractivity (Wildman–Crippen MR) is 59.1 cm³/mol. The van der Waals surface area contributed by atoms with Gasteiger partial charge in [0, 0.05) is 14.7 Å². The fourth-order valence-electron chi connectivity index (χ4n) is 1.03. The first kappa shape index (κ1) is 11.8. The van der Waals surface area contributed by atoms with Crippen LogP contribution in [0.3, 0.4) is 0 Å². The van der Waals surface area contributed by atoms with Gasteiger partial charge < -0.3 is 0 Å². The van der Waals surface area contributed by atoms with Crippen molar-refractivity contribution in [3.8, 4) is 0 Å².